The maximum atomic E-state index is 13.9. The lowest BCUT2D eigenvalue weighted by Crippen LogP contribution is -2.38. The van der Waals surface area contributed by atoms with Crippen molar-refractivity contribution < 1.29 is 32.1 Å². The molecule has 1 aliphatic rings. The van der Waals surface area contributed by atoms with Crippen molar-refractivity contribution in [2.45, 2.75) is 18.3 Å². The molecule has 3 N–H and O–H groups in total. The minimum atomic E-state index is -4.77. The Kier molecular flexibility index (Phi) is 4.72. The molecule has 0 bridgehead atoms. The van der Waals surface area contributed by atoms with Crippen LogP contribution in [0.2, 0.25) is 0 Å². The van der Waals surface area contributed by atoms with Gasteiger partial charge in [-0.3, -0.25) is 0 Å². The van der Waals surface area contributed by atoms with E-state index in [0.29, 0.717) is 16.9 Å². The molecule has 1 aliphatic heterocycles. The molecule has 2 aromatic heterocycles. The van der Waals surface area contributed by atoms with Gasteiger partial charge in [0.2, 0.25) is 11.6 Å². The van der Waals surface area contributed by atoms with Crippen LogP contribution >= 0.6 is 0 Å². The smallest absolute Gasteiger partial charge is 0.422 e. The lowest BCUT2D eigenvalue weighted by molar-refractivity contribution is -0.136. The number of aromatic nitrogens is 3. The zero-order chi connectivity index (χ0) is 22.5. The Balaban J connectivity index is 1.54. The largest absolute Gasteiger partial charge is 0.491 e. The molecule has 32 heavy (non-hydrogen) atoms. The molecular weight excluding hydrogens is 429 g/mol. The average molecular weight is 444 g/mol. The molecule has 0 fully saturated rings. The van der Waals surface area contributed by atoms with E-state index in [1.165, 1.54) is 12.1 Å². The predicted molar refractivity (Wildman–Crippen MR) is 104 cm³/mol. The number of hydrogen-bond donors (Lipinski definition) is 2. The summed E-state index contributed by atoms with van der Waals surface area (Å²) in [7, 11) is 0. The standard InChI is InChI=1S/C21H15F3N4O4/c22-21(23,24)15-16(10-4-2-1-3-5-10)27-31-18(15)20-26-19(28-32-20)11-6-7-12-14(8-11)30-9-13(25)17(12)29/h1-8,13,17,29H,9,25H2/t13-,17+/m0/s1. The Morgan fingerprint density at radius 2 is 1.78 bits per heavy atom. The van der Waals surface area contributed by atoms with Crippen molar-refractivity contribution in [1.82, 2.24) is 15.3 Å². The van der Waals surface area contributed by atoms with E-state index in [9.17, 15) is 18.3 Å². The molecule has 4 aromatic rings. The van der Waals surface area contributed by atoms with Crippen LogP contribution in [-0.4, -0.2) is 33.1 Å². The van der Waals surface area contributed by atoms with Gasteiger partial charge in [-0.2, -0.15) is 18.2 Å². The van der Waals surface area contributed by atoms with Crippen molar-refractivity contribution >= 4 is 0 Å². The molecule has 0 unspecified atom stereocenters. The van der Waals surface area contributed by atoms with Gasteiger partial charge in [0.15, 0.2) is 0 Å². The van der Waals surface area contributed by atoms with Gasteiger partial charge >= 0.3 is 6.18 Å². The molecule has 0 saturated carbocycles. The van der Waals surface area contributed by atoms with Crippen LogP contribution in [-0.2, 0) is 6.18 Å². The zero-order valence-electron chi connectivity index (χ0n) is 16.2. The molecule has 5 rings (SSSR count). The van der Waals surface area contributed by atoms with Gasteiger partial charge in [0.1, 0.15) is 29.7 Å². The highest BCUT2D eigenvalue weighted by Gasteiger charge is 2.43. The first-order valence-corrected chi connectivity index (χ1v) is 9.50. The lowest BCUT2D eigenvalue weighted by atomic mass is 9.98. The third-order valence-electron chi connectivity index (χ3n) is 5.07. The molecule has 0 radical (unpaired) electrons. The molecule has 2 atom stereocenters. The minimum Gasteiger partial charge on any atom is -0.491 e. The van der Waals surface area contributed by atoms with E-state index in [2.05, 4.69) is 15.3 Å². The van der Waals surface area contributed by atoms with Crippen LogP contribution < -0.4 is 10.5 Å². The van der Waals surface area contributed by atoms with Crippen LogP contribution in [0.15, 0.2) is 57.6 Å². The molecule has 0 spiro atoms. The van der Waals surface area contributed by atoms with Crippen LogP contribution in [0.4, 0.5) is 13.2 Å². The van der Waals surface area contributed by atoms with Crippen molar-refractivity contribution in [2.24, 2.45) is 5.73 Å². The van der Waals surface area contributed by atoms with Crippen molar-refractivity contribution in [2.75, 3.05) is 6.61 Å². The maximum Gasteiger partial charge on any atom is 0.422 e. The summed E-state index contributed by atoms with van der Waals surface area (Å²) < 4.78 is 57.2. The summed E-state index contributed by atoms with van der Waals surface area (Å²) in [6.45, 7) is 0.115. The summed E-state index contributed by atoms with van der Waals surface area (Å²) in [6.07, 6.45) is -5.67. The third kappa shape index (κ3) is 3.41. The predicted octanol–water partition coefficient (Wildman–Crippen LogP) is 3.83. The van der Waals surface area contributed by atoms with E-state index in [0.717, 1.165) is 0 Å². The van der Waals surface area contributed by atoms with Crippen molar-refractivity contribution in [3.05, 3.63) is 59.7 Å². The molecular formula is C21H15F3N4O4. The van der Waals surface area contributed by atoms with E-state index in [-0.39, 0.29) is 23.7 Å². The first-order valence-electron chi connectivity index (χ1n) is 9.50. The van der Waals surface area contributed by atoms with E-state index in [4.69, 9.17) is 19.5 Å². The quantitative estimate of drug-likeness (QED) is 0.489. The molecule has 3 heterocycles. The summed E-state index contributed by atoms with van der Waals surface area (Å²) in [5.41, 5.74) is 5.45. The number of alkyl halides is 3. The Morgan fingerprint density at radius 1 is 1.00 bits per heavy atom. The highest BCUT2D eigenvalue weighted by atomic mass is 19.4. The fourth-order valence-electron chi connectivity index (χ4n) is 3.48. The normalized spacial score (nSPS) is 18.3. The lowest BCUT2D eigenvalue weighted by Gasteiger charge is -2.27. The average Bonchev–Trinajstić information content (AvgIpc) is 3.44. The molecule has 11 heteroatoms. The summed E-state index contributed by atoms with van der Waals surface area (Å²) >= 11 is 0. The number of fused-ring (bicyclic) bond motifs is 1. The summed E-state index contributed by atoms with van der Waals surface area (Å²) in [6, 6.07) is 12.0. The monoisotopic (exact) mass is 444 g/mol. The van der Waals surface area contributed by atoms with Gasteiger partial charge in [-0.15, -0.1) is 0 Å². The maximum absolute atomic E-state index is 13.9. The van der Waals surface area contributed by atoms with Crippen LogP contribution in [0, 0.1) is 0 Å². The number of halogens is 3. The molecule has 0 saturated heterocycles. The number of nitrogens with zero attached hydrogens (tertiary/aromatic N) is 3. The van der Waals surface area contributed by atoms with E-state index in [1.54, 1.807) is 36.4 Å². The van der Waals surface area contributed by atoms with Gasteiger partial charge < -0.3 is 24.6 Å². The highest BCUT2D eigenvalue weighted by molar-refractivity contribution is 5.71. The number of benzene rings is 2. The molecule has 2 aromatic carbocycles. The number of hydrogen-bond acceptors (Lipinski definition) is 8. The topological polar surface area (TPSA) is 120 Å². The van der Waals surface area contributed by atoms with Gasteiger partial charge in [-0.05, 0) is 6.07 Å². The fraction of sp³-hybridized carbons (Fsp3) is 0.190. The second kappa shape index (κ2) is 7.46. The Morgan fingerprint density at radius 3 is 2.53 bits per heavy atom. The molecule has 0 aliphatic carbocycles. The van der Waals surface area contributed by atoms with Crippen LogP contribution in [0.5, 0.6) is 5.75 Å². The first-order chi connectivity index (χ1) is 15.3. The summed E-state index contributed by atoms with van der Waals surface area (Å²) in [4.78, 5) is 4.06. The Labute approximate surface area is 178 Å². The number of ether oxygens (including phenoxy) is 1. The Hall–Kier alpha value is -3.70. The minimum absolute atomic E-state index is 0.0153. The first kappa shape index (κ1) is 20.2. The molecule has 8 nitrogen and oxygen atoms in total. The van der Waals surface area contributed by atoms with Crippen molar-refractivity contribution in [3.8, 4) is 40.0 Å². The fourth-order valence-corrected chi connectivity index (χ4v) is 3.48. The SMILES string of the molecule is N[C@H]1COc2cc(-c3noc(-c4onc(-c5ccccc5)c4C(F)(F)F)n3)ccc2[C@H]1O. The van der Waals surface area contributed by atoms with E-state index >= 15 is 0 Å². The van der Waals surface area contributed by atoms with Gasteiger partial charge in [0.05, 0.1) is 6.04 Å². The summed E-state index contributed by atoms with van der Waals surface area (Å²) in [5, 5.41) is 17.5. The van der Waals surface area contributed by atoms with E-state index in [1.807, 2.05) is 0 Å². The van der Waals surface area contributed by atoms with Crippen molar-refractivity contribution in [1.29, 1.82) is 0 Å². The second-order valence-corrected chi connectivity index (χ2v) is 7.19. The number of aliphatic hydroxyl groups excluding tert-OH is 1. The number of nitrogens with two attached hydrogens (primary N) is 1. The molecule has 164 valence electrons. The van der Waals surface area contributed by atoms with Gasteiger partial charge in [0.25, 0.3) is 5.89 Å². The van der Waals surface area contributed by atoms with Gasteiger partial charge in [-0.25, -0.2) is 0 Å². The van der Waals surface area contributed by atoms with E-state index < -0.39 is 35.5 Å². The van der Waals surface area contributed by atoms with Crippen molar-refractivity contribution in [3.63, 3.8) is 0 Å². The van der Waals surface area contributed by atoms with Crippen LogP contribution in [0.25, 0.3) is 34.3 Å². The Bertz CT molecular complexity index is 1270. The summed E-state index contributed by atoms with van der Waals surface area (Å²) in [5.74, 6) is -0.750. The highest BCUT2D eigenvalue weighted by Crippen LogP contribution is 2.43. The third-order valence-corrected chi connectivity index (χ3v) is 5.07. The van der Waals surface area contributed by atoms with Gasteiger partial charge in [-0.1, -0.05) is 52.8 Å². The molecule has 0 amide bonds. The number of aliphatic hydroxyl groups is 1. The number of rotatable bonds is 3. The van der Waals surface area contributed by atoms with Gasteiger partial charge in [0, 0.05) is 16.7 Å². The van der Waals surface area contributed by atoms with Crippen LogP contribution in [0.3, 0.4) is 0 Å². The second-order valence-electron chi connectivity index (χ2n) is 7.19. The van der Waals surface area contributed by atoms with Crippen LogP contribution in [0.1, 0.15) is 17.2 Å². The zero-order valence-corrected chi connectivity index (χ0v) is 16.2.